The molecule has 0 amide bonds. The van der Waals surface area contributed by atoms with Gasteiger partial charge in [0.05, 0.1) is 3.57 Å². The van der Waals surface area contributed by atoms with Gasteiger partial charge >= 0.3 is 18.2 Å². The lowest BCUT2D eigenvalue weighted by molar-refractivity contribution is -0.406. The Kier molecular flexibility index (Phi) is 4.03. The van der Waals surface area contributed by atoms with Crippen LogP contribution in [0.2, 0.25) is 0 Å². The van der Waals surface area contributed by atoms with Crippen molar-refractivity contribution < 1.29 is 35.5 Å². The second-order valence-corrected chi connectivity index (χ2v) is 4.29. The highest BCUT2D eigenvalue weighted by Gasteiger charge is 2.76. The van der Waals surface area contributed by atoms with Crippen LogP contribution in [0.3, 0.4) is 0 Å². The summed E-state index contributed by atoms with van der Waals surface area (Å²) in [6.07, 6.45) is -12.5. The van der Waals surface area contributed by atoms with E-state index in [1.54, 1.807) is 0 Å². The Morgan fingerprint density at radius 3 is 1.67 bits per heavy atom. The maximum absolute atomic E-state index is 13.2. The topological polar surface area (TPSA) is 9.23 Å². The maximum Gasteiger partial charge on any atom is 0.470 e. The van der Waals surface area contributed by atoms with Crippen LogP contribution in [0.5, 0.6) is 5.75 Å². The molecule has 1 nitrogen and oxygen atoms in total. The lowest BCUT2D eigenvalue weighted by atomic mass is 10.2. The van der Waals surface area contributed by atoms with E-state index in [0.717, 1.165) is 12.1 Å². The number of para-hydroxylation sites is 1. The molecule has 0 aliphatic rings. The molecule has 0 heterocycles. The molecule has 0 aliphatic heterocycles. The number of hydrogen-bond acceptors (Lipinski definition) is 1. The lowest BCUT2D eigenvalue weighted by Gasteiger charge is -2.30. The molecule has 0 N–H and O–H groups in total. The van der Waals surface area contributed by atoms with Crippen molar-refractivity contribution in [2.24, 2.45) is 0 Å². The van der Waals surface area contributed by atoms with E-state index in [1.807, 2.05) is 0 Å². The molecule has 0 saturated heterocycles. The van der Waals surface area contributed by atoms with Crippen LogP contribution >= 0.6 is 22.6 Å². The summed E-state index contributed by atoms with van der Waals surface area (Å²) in [4.78, 5) is 0. The van der Waals surface area contributed by atoms with Crippen molar-refractivity contribution in [3.8, 4) is 5.75 Å². The Balaban J connectivity index is 3.21. The second kappa shape index (κ2) is 4.74. The minimum absolute atomic E-state index is 0.0781. The average Bonchev–Trinajstić information content (AvgIpc) is 2.18. The van der Waals surface area contributed by atoms with Gasteiger partial charge in [-0.15, -0.1) is 0 Å². The van der Waals surface area contributed by atoms with Gasteiger partial charge in [0.15, 0.2) is 0 Å². The summed E-state index contributed by atoms with van der Waals surface area (Å²) in [5, 5.41) is 0. The van der Waals surface area contributed by atoms with Gasteiger partial charge in [0.2, 0.25) is 0 Å². The normalized spacial score (nSPS) is 13.6. The summed E-state index contributed by atoms with van der Waals surface area (Å²) in [5.41, 5.74) is 0. The Morgan fingerprint density at radius 2 is 1.28 bits per heavy atom. The van der Waals surface area contributed by atoms with Crippen LogP contribution in [0.1, 0.15) is 0 Å². The lowest BCUT2D eigenvalue weighted by Crippen LogP contribution is -2.57. The highest BCUT2D eigenvalue weighted by molar-refractivity contribution is 14.1. The number of alkyl halides is 7. The predicted molar refractivity (Wildman–Crippen MR) is 55.7 cm³/mol. The number of hydrogen-bond donors (Lipinski definition) is 0. The summed E-state index contributed by atoms with van der Waals surface area (Å²) in [6.45, 7) is 0. The van der Waals surface area contributed by atoms with Crippen molar-refractivity contribution in [1.82, 2.24) is 0 Å². The van der Waals surface area contributed by atoms with Crippen LogP contribution in [0.25, 0.3) is 0 Å². The van der Waals surface area contributed by atoms with Gasteiger partial charge in [0, 0.05) is 0 Å². The van der Waals surface area contributed by atoms with E-state index in [4.69, 9.17) is 0 Å². The van der Waals surface area contributed by atoms with Crippen molar-refractivity contribution >= 4 is 22.6 Å². The summed E-state index contributed by atoms with van der Waals surface area (Å²) >= 11 is 1.43. The van der Waals surface area contributed by atoms with Gasteiger partial charge in [-0.05, 0) is 34.7 Å². The molecule has 18 heavy (non-hydrogen) atoms. The molecular formula is C9H4F7IO. The molecule has 1 rings (SSSR count). The molecule has 0 atom stereocenters. The highest BCUT2D eigenvalue weighted by atomic mass is 127. The zero-order valence-electron chi connectivity index (χ0n) is 8.24. The van der Waals surface area contributed by atoms with Crippen molar-refractivity contribution in [3.63, 3.8) is 0 Å². The van der Waals surface area contributed by atoms with Crippen molar-refractivity contribution in [2.45, 2.75) is 18.2 Å². The molecule has 0 aliphatic carbocycles. The standard InChI is InChI=1S/C9H4F7IO/c10-7(8(11,12)13,9(14,15)16)18-6-4-2-1-3-5(6)17/h1-4H. The fourth-order valence-electron chi connectivity index (χ4n) is 0.955. The van der Waals surface area contributed by atoms with Crippen molar-refractivity contribution in [1.29, 1.82) is 0 Å². The van der Waals surface area contributed by atoms with Crippen LogP contribution in [-0.2, 0) is 0 Å². The first kappa shape index (κ1) is 15.3. The number of rotatable bonds is 2. The summed E-state index contributed by atoms with van der Waals surface area (Å²) in [5.74, 6) is -6.57. The van der Waals surface area contributed by atoms with Crippen molar-refractivity contribution in [2.75, 3.05) is 0 Å². The largest absolute Gasteiger partial charge is 0.470 e. The molecule has 0 unspecified atom stereocenters. The Morgan fingerprint density at radius 1 is 0.833 bits per heavy atom. The molecule has 1 aromatic rings. The Hall–Kier alpha value is -0.740. The molecule has 0 saturated carbocycles. The van der Waals surface area contributed by atoms with Gasteiger partial charge in [-0.3, -0.25) is 0 Å². The Labute approximate surface area is 110 Å². The average molecular weight is 388 g/mol. The first-order valence-electron chi connectivity index (χ1n) is 4.25. The third-order valence-electron chi connectivity index (χ3n) is 1.82. The number of benzene rings is 1. The number of halogens is 8. The van der Waals surface area contributed by atoms with Crippen molar-refractivity contribution in [3.05, 3.63) is 27.8 Å². The quantitative estimate of drug-likeness (QED) is 0.537. The smallest absolute Gasteiger partial charge is 0.442 e. The fraction of sp³-hybridized carbons (Fsp3) is 0.333. The fourth-order valence-corrected chi connectivity index (χ4v) is 1.45. The predicted octanol–water partition coefficient (Wildman–Crippen LogP) is 4.46. The van der Waals surface area contributed by atoms with Crippen LogP contribution in [0, 0.1) is 3.57 Å². The molecular weight excluding hydrogens is 384 g/mol. The molecule has 0 aromatic heterocycles. The van der Waals surface area contributed by atoms with E-state index in [1.165, 1.54) is 34.7 Å². The summed E-state index contributed by atoms with van der Waals surface area (Å²) in [6, 6.07) is 4.48. The molecule has 102 valence electrons. The van der Waals surface area contributed by atoms with Crippen LogP contribution in [0.15, 0.2) is 24.3 Å². The monoisotopic (exact) mass is 388 g/mol. The SMILES string of the molecule is FC(F)(F)C(F)(Oc1ccccc1I)C(F)(F)F. The molecule has 0 fully saturated rings. The second-order valence-electron chi connectivity index (χ2n) is 3.12. The minimum Gasteiger partial charge on any atom is -0.442 e. The van der Waals surface area contributed by atoms with E-state index in [0.29, 0.717) is 0 Å². The highest BCUT2D eigenvalue weighted by Crippen LogP contribution is 2.47. The first-order valence-corrected chi connectivity index (χ1v) is 5.33. The van der Waals surface area contributed by atoms with E-state index in [2.05, 4.69) is 4.74 Å². The summed E-state index contributed by atoms with van der Waals surface area (Å²) < 4.78 is 89.8. The van der Waals surface area contributed by atoms with Gasteiger partial charge in [-0.25, -0.2) is 0 Å². The zero-order valence-corrected chi connectivity index (χ0v) is 10.4. The molecule has 0 radical (unpaired) electrons. The van der Waals surface area contributed by atoms with E-state index in [9.17, 15) is 30.7 Å². The van der Waals surface area contributed by atoms with Gasteiger partial charge in [-0.1, -0.05) is 12.1 Å². The molecule has 1 aromatic carbocycles. The van der Waals surface area contributed by atoms with Gasteiger partial charge in [0.25, 0.3) is 0 Å². The Bertz CT molecular complexity index is 412. The van der Waals surface area contributed by atoms with E-state index >= 15 is 0 Å². The minimum atomic E-state index is -6.23. The maximum atomic E-state index is 13.2. The zero-order chi connectivity index (χ0) is 14.2. The van der Waals surface area contributed by atoms with E-state index in [-0.39, 0.29) is 3.57 Å². The third kappa shape index (κ3) is 2.81. The van der Waals surface area contributed by atoms with Gasteiger partial charge < -0.3 is 4.74 Å². The first-order chi connectivity index (χ1) is 7.99. The molecule has 0 bridgehead atoms. The van der Waals surface area contributed by atoms with Gasteiger partial charge in [-0.2, -0.15) is 30.7 Å². The van der Waals surface area contributed by atoms with E-state index < -0.39 is 24.0 Å². The van der Waals surface area contributed by atoms with Crippen LogP contribution in [-0.4, -0.2) is 18.2 Å². The van der Waals surface area contributed by atoms with Crippen LogP contribution in [0.4, 0.5) is 30.7 Å². The number of ether oxygens (including phenoxy) is 1. The molecule has 0 spiro atoms. The molecule has 9 heteroatoms. The van der Waals surface area contributed by atoms with Gasteiger partial charge in [0.1, 0.15) is 5.75 Å². The summed E-state index contributed by atoms with van der Waals surface area (Å²) in [7, 11) is 0. The third-order valence-corrected chi connectivity index (χ3v) is 2.71. The van der Waals surface area contributed by atoms with Crippen LogP contribution < -0.4 is 4.74 Å².